The molecule has 3 rings (SSSR count). The van der Waals surface area contributed by atoms with Gasteiger partial charge in [0.05, 0.1) is 0 Å². The fourth-order valence-electron chi connectivity index (χ4n) is 2.33. The summed E-state index contributed by atoms with van der Waals surface area (Å²) in [5.41, 5.74) is 1.55. The van der Waals surface area contributed by atoms with Crippen LogP contribution in [0.5, 0.6) is 0 Å². The van der Waals surface area contributed by atoms with Gasteiger partial charge in [-0.25, -0.2) is 0 Å². The Labute approximate surface area is 84.6 Å². The van der Waals surface area contributed by atoms with Crippen LogP contribution in [0.2, 0.25) is 0 Å². The van der Waals surface area contributed by atoms with Crippen LogP contribution in [0.15, 0.2) is 42.5 Å². The van der Waals surface area contributed by atoms with E-state index in [-0.39, 0.29) is 0 Å². The summed E-state index contributed by atoms with van der Waals surface area (Å²) in [6.45, 7) is 2.34. The minimum Gasteiger partial charge on any atom is -0.0619 e. The summed E-state index contributed by atoms with van der Waals surface area (Å²) in [6.07, 6.45) is 1.37. The second kappa shape index (κ2) is 2.84. The third kappa shape index (κ3) is 1.14. The molecule has 2 aromatic carbocycles. The van der Waals surface area contributed by atoms with Crippen molar-refractivity contribution in [3.8, 4) is 0 Å². The van der Waals surface area contributed by atoms with E-state index in [1.807, 2.05) is 0 Å². The van der Waals surface area contributed by atoms with Crippen molar-refractivity contribution in [1.82, 2.24) is 0 Å². The summed E-state index contributed by atoms with van der Waals surface area (Å²) in [6, 6.07) is 15.4. The molecule has 0 unspecified atom stereocenters. The first-order chi connectivity index (χ1) is 6.86. The lowest BCUT2D eigenvalue weighted by molar-refractivity contribution is 0.920. The summed E-state index contributed by atoms with van der Waals surface area (Å²) < 4.78 is 0. The van der Waals surface area contributed by atoms with E-state index in [9.17, 15) is 0 Å². The SMILES string of the molecule is C[C@H]1C[C@@H]1c1cccc2ccccc12. The summed E-state index contributed by atoms with van der Waals surface area (Å²) in [4.78, 5) is 0. The predicted molar refractivity (Wildman–Crippen MR) is 60.5 cm³/mol. The van der Waals surface area contributed by atoms with E-state index in [0.717, 1.165) is 11.8 Å². The topological polar surface area (TPSA) is 0 Å². The minimum atomic E-state index is 0.820. The lowest BCUT2D eigenvalue weighted by atomic mass is 10.0. The molecule has 0 heterocycles. The van der Waals surface area contributed by atoms with Gasteiger partial charge in [0.2, 0.25) is 0 Å². The highest BCUT2D eigenvalue weighted by Gasteiger charge is 2.34. The lowest BCUT2D eigenvalue weighted by Gasteiger charge is -2.04. The molecule has 1 fully saturated rings. The molecular formula is C14H14. The molecular weight excluding hydrogens is 168 g/mol. The average Bonchev–Trinajstić information content (AvgIpc) is 2.95. The minimum absolute atomic E-state index is 0.820. The molecule has 1 aliphatic rings. The zero-order chi connectivity index (χ0) is 9.54. The Bertz CT molecular complexity index is 465. The van der Waals surface area contributed by atoms with E-state index < -0.39 is 0 Å². The van der Waals surface area contributed by atoms with Crippen molar-refractivity contribution < 1.29 is 0 Å². The van der Waals surface area contributed by atoms with Crippen LogP contribution < -0.4 is 0 Å². The van der Waals surface area contributed by atoms with Crippen LogP contribution in [0.25, 0.3) is 10.8 Å². The van der Waals surface area contributed by atoms with Crippen molar-refractivity contribution in [2.45, 2.75) is 19.3 Å². The van der Waals surface area contributed by atoms with Crippen LogP contribution in [0.4, 0.5) is 0 Å². The Hall–Kier alpha value is -1.30. The summed E-state index contributed by atoms with van der Waals surface area (Å²) in [5, 5.41) is 2.83. The molecule has 0 nitrogen and oxygen atoms in total. The molecule has 1 aliphatic carbocycles. The quantitative estimate of drug-likeness (QED) is 0.626. The molecule has 0 aliphatic heterocycles. The second-order valence-corrected chi connectivity index (χ2v) is 4.39. The fourth-order valence-corrected chi connectivity index (χ4v) is 2.33. The molecule has 2 atom stereocenters. The van der Waals surface area contributed by atoms with Crippen LogP contribution >= 0.6 is 0 Å². The zero-order valence-corrected chi connectivity index (χ0v) is 8.40. The van der Waals surface area contributed by atoms with Gasteiger partial charge in [0.1, 0.15) is 0 Å². The van der Waals surface area contributed by atoms with Gasteiger partial charge in [0.15, 0.2) is 0 Å². The molecule has 0 bridgehead atoms. The van der Waals surface area contributed by atoms with Crippen LogP contribution in [-0.2, 0) is 0 Å². The van der Waals surface area contributed by atoms with Crippen LogP contribution in [0.1, 0.15) is 24.8 Å². The maximum absolute atomic E-state index is 2.34. The largest absolute Gasteiger partial charge is 0.0619 e. The van der Waals surface area contributed by atoms with Gasteiger partial charge in [0, 0.05) is 0 Å². The molecule has 0 aromatic heterocycles. The monoisotopic (exact) mass is 182 g/mol. The van der Waals surface area contributed by atoms with Crippen LogP contribution in [0.3, 0.4) is 0 Å². The van der Waals surface area contributed by atoms with Gasteiger partial charge >= 0.3 is 0 Å². The molecule has 0 amide bonds. The Morgan fingerprint density at radius 1 is 1.00 bits per heavy atom. The van der Waals surface area contributed by atoms with Crippen molar-refractivity contribution in [3.63, 3.8) is 0 Å². The predicted octanol–water partition coefficient (Wildman–Crippen LogP) is 3.96. The first-order valence-electron chi connectivity index (χ1n) is 5.34. The van der Waals surface area contributed by atoms with Crippen LogP contribution in [-0.4, -0.2) is 0 Å². The highest BCUT2D eigenvalue weighted by molar-refractivity contribution is 5.86. The second-order valence-electron chi connectivity index (χ2n) is 4.39. The standard InChI is InChI=1S/C14H14/c1-10-9-14(10)13-8-4-6-11-5-2-3-7-12(11)13/h2-8,10,14H,9H2,1H3/t10-,14-/m0/s1. The van der Waals surface area contributed by atoms with Gasteiger partial charge in [-0.1, -0.05) is 49.4 Å². The van der Waals surface area contributed by atoms with Gasteiger partial charge in [-0.05, 0) is 34.6 Å². The highest BCUT2D eigenvalue weighted by atomic mass is 14.4. The lowest BCUT2D eigenvalue weighted by Crippen LogP contribution is -1.83. The number of hydrogen-bond acceptors (Lipinski definition) is 0. The van der Waals surface area contributed by atoms with Gasteiger partial charge in [-0.2, -0.15) is 0 Å². The smallest absolute Gasteiger partial charge is 0.0127 e. The van der Waals surface area contributed by atoms with Crippen molar-refractivity contribution in [2.24, 2.45) is 5.92 Å². The van der Waals surface area contributed by atoms with Crippen molar-refractivity contribution in [3.05, 3.63) is 48.0 Å². The highest BCUT2D eigenvalue weighted by Crippen LogP contribution is 2.48. The van der Waals surface area contributed by atoms with Gasteiger partial charge < -0.3 is 0 Å². The normalized spacial score (nSPS) is 25.2. The zero-order valence-electron chi connectivity index (χ0n) is 8.40. The number of rotatable bonds is 1. The van der Waals surface area contributed by atoms with Crippen molar-refractivity contribution >= 4 is 10.8 Å². The van der Waals surface area contributed by atoms with Crippen LogP contribution in [0, 0.1) is 5.92 Å². The summed E-state index contributed by atoms with van der Waals surface area (Å²) in [5.74, 6) is 1.71. The average molecular weight is 182 g/mol. The van der Waals surface area contributed by atoms with Gasteiger partial charge in [0.25, 0.3) is 0 Å². The van der Waals surface area contributed by atoms with E-state index in [0.29, 0.717) is 0 Å². The third-order valence-electron chi connectivity index (χ3n) is 3.33. The Kier molecular flexibility index (Phi) is 1.63. The van der Waals surface area contributed by atoms with E-state index in [4.69, 9.17) is 0 Å². The number of hydrogen-bond donors (Lipinski definition) is 0. The first kappa shape index (κ1) is 8.05. The fraction of sp³-hybridized carbons (Fsp3) is 0.286. The molecule has 14 heavy (non-hydrogen) atoms. The Morgan fingerprint density at radius 3 is 2.50 bits per heavy atom. The summed E-state index contributed by atoms with van der Waals surface area (Å²) >= 11 is 0. The molecule has 1 saturated carbocycles. The molecule has 2 aromatic rings. The van der Waals surface area contributed by atoms with E-state index >= 15 is 0 Å². The van der Waals surface area contributed by atoms with Crippen molar-refractivity contribution in [1.29, 1.82) is 0 Å². The van der Waals surface area contributed by atoms with E-state index in [1.165, 1.54) is 17.2 Å². The maximum Gasteiger partial charge on any atom is -0.0127 e. The van der Waals surface area contributed by atoms with Gasteiger partial charge in [-0.15, -0.1) is 0 Å². The van der Waals surface area contributed by atoms with Crippen molar-refractivity contribution in [2.75, 3.05) is 0 Å². The molecule has 0 saturated heterocycles. The number of fused-ring (bicyclic) bond motifs is 1. The Morgan fingerprint density at radius 2 is 1.71 bits per heavy atom. The summed E-state index contributed by atoms with van der Waals surface area (Å²) in [7, 11) is 0. The Balaban J connectivity index is 2.23. The maximum atomic E-state index is 2.34. The molecule has 0 N–H and O–H groups in total. The van der Waals surface area contributed by atoms with E-state index in [2.05, 4.69) is 49.4 Å². The first-order valence-corrected chi connectivity index (χ1v) is 5.34. The molecule has 0 spiro atoms. The molecule has 0 radical (unpaired) electrons. The molecule has 70 valence electrons. The van der Waals surface area contributed by atoms with E-state index in [1.54, 1.807) is 5.56 Å². The number of benzene rings is 2. The third-order valence-corrected chi connectivity index (χ3v) is 3.33. The van der Waals surface area contributed by atoms with Gasteiger partial charge in [-0.3, -0.25) is 0 Å². The molecule has 0 heteroatoms.